The zero-order valence-corrected chi connectivity index (χ0v) is 13.5. The number of aliphatic carboxylic acids is 1. The van der Waals surface area contributed by atoms with Gasteiger partial charge in [0.25, 0.3) is 0 Å². The van der Waals surface area contributed by atoms with E-state index in [-0.39, 0.29) is 0 Å². The van der Waals surface area contributed by atoms with Crippen molar-refractivity contribution in [3.05, 3.63) is 70.8 Å². The molecule has 2 aromatic carbocycles. The summed E-state index contributed by atoms with van der Waals surface area (Å²) in [5, 5.41) is 16.9. The van der Waals surface area contributed by atoms with E-state index in [2.05, 4.69) is 38.1 Å². The molecule has 2 aromatic rings. The Labute approximate surface area is 137 Å². The van der Waals surface area contributed by atoms with Crippen LogP contribution in [0.15, 0.2) is 48.5 Å². The van der Waals surface area contributed by atoms with Gasteiger partial charge in [-0.2, -0.15) is 5.26 Å². The number of nitriles is 1. The molecule has 3 N–H and O–H groups in total. The van der Waals surface area contributed by atoms with E-state index < -0.39 is 12.0 Å². The largest absolute Gasteiger partial charge is 0.480 e. The molecule has 0 aromatic heterocycles. The monoisotopic (exact) mass is 310 g/mol. The van der Waals surface area contributed by atoms with E-state index in [4.69, 9.17) is 16.1 Å². The summed E-state index contributed by atoms with van der Waals surface area (Å²) in [7, 11) is 0. The first-order valence-corrected chi connectivity index (χ1v) is 7.41. The average Bonchev–Trinajstić information content (AvgIpc) is 2.52. The Morgan fingerprint density at radius 2 is 1.74 bits per heavy atom. The molecule has 4 heteroatoms. The SMILES string of the molecule is Cc1cc(C)cc(CCC#N)c1.NC(C(=O)O)c1ccccc1. The normalized spacial score (nSPS) is 10.9. The van der Waals surface area contributed by atoms with Gasteiger partial charge in [0.1, 0.15) is 6.04 Å². The van der Waals surface area contributed by atoms with Crippen molar-refractivity contribution in [1.82, 2.24) is 0 Å². The van der Waals surface area contributed by atoms with Crippen LogP contribution in [0.25, 0.3) is 0 Å². The third-order valence-corrected chi connectivity index (χ3v) is 3.23. The van der Waals surface area contributed by atoms with E-state index in [9.17, 15) is 4.79 Å². The molecule has 0 bridgehead atoms. The summed E-state index contributed by atoms with van der Waals surface area (Å²) in [6.07, 6.45) is 1.49. The predicted octanol–water partition coefficient (Wildman–Crippen LogP) is 3.53. The zero-order chi connectivity index (χ0) is 17.2. The highest BCUT2D eigenvalue weighted by atomic mass is 16.4. The topological polar surface area (TPSA) is 87.1 Å². The number of carboxylic acids is 1. The van der Waals surface area contributed by atoms with E-state index >= 15 is 0 Å². The molecule has 0 spiro atoms. The number of nitrogens with two attached hydrogens (primary N) is 1. The standard InChI is InChI=1S/C11H13N.C8H9NO2/c1-9-6-10(2)8-11(7-9)4-3-5-12;9-7(8(10)11)6-4-2-1-3-5-6/h6-8H,3-4H2,1-2H3;1-5,7H,9H2,(H,10,11). The lowest BCUT2D eigenvalue weighted by molar-refractivity contribution is -0.138. The van der Waals surface area contributed by atoms with Crippen LogP contribution in [0.3, 0.4) is 0 Å². The number of carboxylic acid groups (broad SMARTS) is 1. The van der Waals surface area contributed by atoms with Crippen LogP contribution in [0.1, 0.15) is 34.7 Å². The molecule has 0 radical (unpaired) electrons. The molecule has 0 heterocycles. The summed E-state index contributed by atoms with van der Waals surface area (Å²) >= 11 is 0. The smallest absolute Gasteiger partial charge is 0.325 e. The molecular formula is C19H22N2O2. The van der Waals surface area contributed by atoms with E-state index in [1.54, 1.807) is 24.3 Å². The van der Waals surface area contributed by atoms with Crippen molar-refractivity contribution in [2.75, 3.05) is 0 Å². The van der Waals surface area contributed by atoms with Gasteiger partial charge in [0.15, 0.2) is 0 Å². The second-order valence-corrected chi connectivity index (χ2v) is 5.38. The van der Waals surface area contributed by atoms with Gasteiger partial charge in [-0.25, -0.2) is 0 Å². The van der Waals surface area contributed by atoms with Crippen molar-refractivity contribution in [3.63, 3.8) is 0 Å². The van der Waals surface area contributed by atoms with Gasteiger partial charge in [-0.15, -0.1) is 0 Å². The molecule has 0 amide bonds. The maximum atomic E-state index is 10.4. The fourth-order valence-electron chi connectivity index (χ4n) is 2.22. The predicted molar refractivity (Wildman–Crippen MR) is 90.9 cm³/mol. The average molecular weight is 310 g/mol. The number of hydrogen-bond acceptors (Lipinski definition) is 3. The van der Waals surface area contributed by atoms with Crippen LogP contribution in [-0.4, -0.2) is 11.1 Å². The van der Waals surface area contributed by atoms with E-state index in [0.717, 1.165) is 6.42 Å². The first-order chi connectivity index (χ1) is 10.9. The highest BCUT2D eigenvalue weighted by molar-refractivity contribution is 5.75. The minimum atomic E-state index is -1.00. The number of carbonyl (C=O) groups is 1. The molecule has 0 saturated heterocycles. The maximum Gasteiger partial charge on any atom is 0.325 e. The third kappa shape index (κ3) is 6.77. The second kappa shape index (κ2) is 9.39. The molecule has 0 fully saturated rings. The van der Waals surface area contributed by atoms with Gasteiger partial charge in [0.2, 0.25) is 0 Å². The second-order valence-electron chi connectivity index (χ2n) is 5.38. The molecule has 1 unspecified atom stereocenters. The van der Waals surface area contributed by atoms with Crippen LogP contribution in [0, 0.1) is 25.2 Å². The van der Waals surface area contributed by atoms with Crippen molar-refractivity contribution in [2.24, 2.45) is 5.73 Å². The Balaban J connectivity index is 0.000000231. The van der Waals surface area contributed by atoms with Gasteiger partial charge in [0.05, 0.1) is 6.07 Å². The van der Waals surface area contributed by atoms with Crippen molar-refractivity contribution in [2.45, 2.75) is 32.7 Å². The van der Waals surface area contributed by atoms with Crippen LogP contribution in [0.4, 0.5) is 0 Å². The number of aryl methyl sites for hydroxylation is 3. The van der Waals surface area contributed by atoms with Crippen LogP contribution in [0.2, 0.25) is 0 Å². The molecule has 0 saturated carbocycles. The molecule has 1 atom stereocenters. The van der Waals surface area contributed by atoms with Crippen molar-refractivity contribution in [3.8, 4) is 6.07 Å². The van der Waals surface area contributed by atoms with Gasteiger partial charge >= 0.3 is 5.97 Å². The van der Waals surface area contributed by atoms with Crippen LogP contribution in [-0.2, 0) is 11.2 Å². The number of hydrogen-bond donors (Lipinski definition) is 2. The summed E-state index contributed by atoms with van der Waals surface area (Å²) < 4.78 is 0. The zero-order valence-electron chi connectivity index (χ0n) is 13.5. The molecular weight excluding hydrogens is 288 g/mol. The summed E-state index contributed by atoms with van der Waals surface area (Å²) in [6, 6.07) is 16.4. The molecule has 0 aliphatic carbocycles. The Bertz CT molecular complexity index is 655. The van der Waals surface area contributed by atoms with Crippen molar-refractivity contribution >= 4 is 5.97 Å². The minimum absolute atomic E-state index is 0.614. The maximum absolute atomic E-state index is 10.4. The summed E-state index contributed by atoms with van der Waals surface area (Å²) in [6.45, 7) is 4.17. The van der Waals surface area contributed by atoms with Crippen molar-refractivity contribution < 1.29 is 9.90 Å². The molecule has 0 aliphatic heterocycles. The van der Waals surface area contributed by atoms with Gasteiger partial charge in [0, 0.05) is 6.42 Å². The lowest BCUT2D eigenvalue weighted by Gasteiger charge is -2.04. The highest BCUT2D eigenvalue weighted by Crippen LogP contribution is 2.10. The summed E-state index contributed by atoms with van der Waals surface area (Å²) in [5.41, 5.74) is 9.80. The van der Waals surface area contributed by atoms with Crippen LogP contribution in [0.5, 0.6) is 0 Å². The van der Waals surface area contributed by atoms with Crippen molar-refractivity contribution in [1.29, 1.82) is 5.26 Å². The van der Waals surface area contributed by atoms with Gasteiger partial charge < -0.3 is 10.8 Å². The minimum Gasteiger partial charge on any atom is -0.480 e. The van der Waals surface area contributed by atoms with Gasteiger partial charge in [-0.1, -0.05) is 59.7 Å². The van der Waals surface area contributed by atoms with Gasteiger partial charge in [-0.3, -0.25) is 4.79 Å². The van der Waals surface area contributed by atoms with E-state index in [1.807, 2.05) is 6.07 Å². The highest BCUT2D eigenvalue weighted by Gasteiger charge is 2.12. The fraction of sp³-hybridized carbons (Fsp3) is 0.263. The Kier molecular flexibility index (Phi) is 7.52. The van der Waals surface area contributed by atoms with E-state index in [1.165, 1.54) is 16.7 Å². The molecule has 0 aliphatic rings. The lowest BCUT2D eigenvalue weighted by atomic mass is 10.0. The third-order valence-electron chi connectivity index (χ3n) is 3.23. The van der Waals surface area contributed by atoms with Crippen LogP contribution >= 0.6 is 0 Å². The summed E-state index contributed by atoms with van der Waals surface area (Å²) in [4.78, 5) is 10.4. The molecule has 23 heavy (non-hydrogen) atoms. The Morgan fingerprint density at radius 3 is 2.22 bits per heavy atom. The number of nitrogens with zero attached hydrogens (tertiary/aromatic N) is 1. The van der Waals surface area contributed by atoms with E-state index in [0.29, 0.717) is 12.0 Å². The first-order valence-electron chi connectivity index (χ1n) is 7.41. The fourth-order valence-corrected chi connectivity index (χ4v) is 2.22. The summed E-state index contributed by atoms with van der Waals surface area (Å²) in [5.74, 6) is -1.00. The first kappa shape index (κ1) is 18.4. The molecule has 120 valence electrons. The quantitative estimate of drug-likeness (QED) is 0.904. The Morgan fingerprint density at radius 1 is 1.17 bits per heavy atom. The lowest BCUT2D eigenvalue weighted by Crippen LogP contribution is -2.20. The number of benzene rings is 2. The molecule has 2 rings (SSSR count). The Hall–Kier alpha value is -2.64. The number of rotatable bonds is 4. The van der Waals surface area contributed by atoms with Gasteiger partial charge in [-0.05, 0) is 31.4 Å². The van der Waals surface area contributed by atoms with Crippen LogP contribution < -0.4 is 5.73 Å². The molecule has 4 nitrogen and oxygen atoms in total.